The second kappa shape index (κ2) is 6.54. The van der Waals surface area contributed by atoms with E-state index in [1.165, 1.54) is 5.69 Å². The Morgan fingerprint density at radius 3 is 2.31 bits per heavy atom. The van der Waals surface area contributed by atoms with E-state index in [-0.39, 0.29) is 6.10 Å². The third kappa shape index (κ3) is 3.53. The highest BCUT2D eigenvalue weighted by Crippen LogP contribution is 2.16. The summed E-state index contributed by atoms with van der Waals surface area (Å²) in [7, 11) is 0. The summed E-state index contributed by atoms with van der Waals surface area (Å²) in [4.78, 5) is 2.22. The first-order chi connectivity index (χ1) is 7.69. The number of hydrogen-bond donors (Lipinski definition) is 1. The fourth-order valence-electron chi connectivity index (χ4n) is 1.73. The lowest BCUT2D eigenvalue weighted by molar-refractivity contribution is 0.120. The highest BCUT2D eigenvalue weighted by Gasteiger charge is 2.15. The van der Waals surface area contributed by atoms with Crippen LogP contribution in [0.2, 0.25) is 0 Å². The van der Waals surface area contributed by atoms with Crippen LogP contribution in [0.5, 0.6) is 0 Å². The summed E-state index contributed by atoms with van der Waals surface area (Å²) in [6.07, 6.45) is 0.776. The summed E-state index contributed by atoms with van der Waals surface area (Å²) in [5, 5.41) is 10.0. The Hall–Kier alpha value is -1.02. The highest BCUT2D eigenvalue weighted by molar-refractivity contribution is 5.45. The smallest absolute Gasteiger partial charge is 0.0740 e. The van der Waals surface area contributed by atoms with Crippen LogP contribution in [-0.2, 0) is 0 Å². The predicted octanol–water partition coefficient (Wildman–Crippen LogP) is 2.92. The first kappa shape index (κ1) is 13.0. The molecule has 0 amide bonds. The maximum Gasteiger partial charge on any atom is 0.0740 e. The number of anilines is 1. The fourth-order valence-corrected chi connectivity index (χ4v) is 1.73. The van der Waals surface area contributed by atoms with Crippen LogP contribution in [0, 0.1) is 5.92 Å². The van der Waals surface area contributed by atoms with Gasteiger partial charge >= 0.3 is 0 Å². The lowest BCUT2D eigenvalue weighted by atomic mass is 10.0. The van der Waals surface area contributed by atoms with Gasteiger partial charge in [-0.1, -0.05) is 38.5 Å². The molecule has 0 aliphatic rings. The average molecular weight is 221 g/mol. The number of aliphatic hydroxyl groups is 1. The van der Waals surface area contributed by atoms with Gasteiger partial charge < -0.3 is 10.0 Å². The molecule has 2 heteroatoms. The molecule has 2 unspecified atom stereocenters. The Balaban J connectivity index is 2.62. The standard InChI is InChI=1S/C14H23NO/c1-4-12(3)14(16)11-15(5-2)13-9-7-6-8-10-13/h6-10,12,14,16H,4-5,11H2,1-3H3. The van der Waals surface area contributed by atoms with Gasteiger partial charge in [0.15, 0.2) is 0 Å². The van der Waals surface area contributed by atoms with E-state index in [4.69, 9.17) is 0 Å². The van der Waals surface area contributed by atoms with E-state index in [2.05, 4.69) is 37.8 Å². The van der Waals surface area contributed by atoms with Crippen molar-refractivity contribution in [1.29, 1.82) is 0 Å². The van der Waals surface area contributed by atoms with Crippen molar-refractivity contribution in [1.82, 2.24) is 0 Å². The lowest BCUT2D eigenvalue weighted by Crippen LogP contribution is -2.35. The Labute approximate surface area is 98.9 Å². The second-order valence-electron chi connectivity index (χ2n) is 4.33. The number of likely N-dealkylation sites (N-methyl/N-ethyl adjacent to an activating group) is 1. The Morgan fingerprint density at radius 1 is 1.19 bits per heavy atom. The number of aliphatic hydroxyl groups excluding tert-OH is 1. The maximum absolute atomic E-state index is 10.0. The monoisotopic (exact) mass is 221 g/mol. The summed E-state index contributed by atoms with van der Waals surface area (Å²) >= 11 is 0. The Morgan fingerprint density at radius 2 is 1.81 bits per heavy atom. The van der Waals surface area contributed by atoms with Gasteiger partial charge in [0.25, 0.3) is 0 Å². The molecule has 0 saturated carbocycles. The van der Waals surface area contributed by atoms with Crippen LogP contribution >= 0.6 is 0 Å². The van der Waals surface area contributed by atoms with Crippen molar-refractivity contribution in [3.05, 3.63) is 30.3 Å². The van der Waals surface area contributed by atoms with E-state index in [0.717, 1.165) is 19.5 Å². The Bertz CT molecular complexity index is 286. The third-order valence-electron chi connectivity index (χ3n) is 3.21. The number of benzene rings is 1. The van der Waals surface area contributed by atoms with Crippen molar-refractivity contribution < 1.29 is 5.11 Å². The molecule has 0 aliphatic carbocycles. The molecular formula is C14H23NO. The zero-order valence-corrected chi connectivity index (χ0v) is 10.6. The molecule has 2 nitrogen and oxygen atoms in total. The summed E-state index contributed by atoms with van der Waals surface area (Å²) in [6, 6.07) is 10.3. The molecule has 1 rings (SSSR count). The predicted molar refractivity (Wildman–Crippen MR) is 69.8 cm³/mol. The van der Waals surface area contributed by atoms with Gasteiger partial charge in [0.05, 0.1) is 6.10 Å². The van der Waals surface area contributed by atoms with E-state index in [1.807, 2.05) is 18.2 Å². The van der Waals surface area contributed by atoms with Gasteiger partial charge in [0.2, 0.25) is 0 Å². The van der Waals surface area contributed by atoms with Gasteiger partial charge in [-0.15, -0.1) is 0 Å². The van der Waals surface area contributed by atoms with Gasteiger partial charge in [-0.3, -0.25) is 0 Å². The molecule has 0 heterocycles. The summed E-state index contributed by atoms with van der Waals surface area (Å²) in [5.74, 6) is 0.359. The number of rotatable bonds is 6. The molecule has 1 aromatic rings. The van der Waals surface area contributed by atoms with Gasteiger partial charge in [-0.05, 0) is 25.0 Å². The van der Waals surface area contributed by atoms with Crippen LogP contribution in [0.15, 0.2) is 30.3 Å². The van der Waals surface area contributed by atoms with E-state index in [1.54, 1.807) is 0 Å². The van der Waals surface area contributed by atoms with Crippen LogP contribution in [0.3, 0.4) is 0 Å². The molecule has 16 heavy (non-hydrogen) atoms. The van der Waals surface area contributed by atoms with Crippen LogP contribution < -0.4 is 4.90 Å². The lowest BCUT2D eigenvalue weighted by Gasteiger charge is -2.28. The number of nitrogens with zero attached hydrogens (tertiary/aromatic N) is 1. The molecule has 1 N–H and O–H groups in total. The first-order valence-electron chi connectivity index (χ1n) is 6.17. The SMILES string of the molecule is CCC(C)C(O)CN(CC)c1ccccc1. The molecule has 0 aliphatic heterocycles. The zero-order valence-electron chi connectivity index (χ0n) is 10.6. The molecule has 2 atom stereocenters. The topological polar surface area (TPSA) is 23.5 Å². The number of para-hydroxylation sites is 1. The summed E-state index contributed by atoms with van der Waals surface area (Å²) < 4.78 is 0. The van der Waals surface area contributed by atoms with Crippen molar-refractivity contribution in [2.75, 3.05) is 18.0 Å². The van der Waals surface area contributed by atoms with Gasteiger partial charge in [0.1, 0.15) is 0 Å². The molecule has 0 bridgehead atoms. The van der Waals surface area contributed by atoms with E-state index >= 15 is 0 Å². The first-order valence-corrected chi connectivity index (χ1v) is 6.17. The van der Waals surface area contributed by atoms with Gasteiger partial charge in [0, 0.05) is 18.8 Å². The number of hydrogen-bond acceptors (Lipinski definition) is 2. The molecule has 0 spiro atoms. The van der Waals surface area contributed by atoms with Crippen molar-refractivity contribution in [2.24, 2.45) is 5.92 Å². The third-order valence-corrected chi connectivity index (χ3v) is 3.21. The molecule has 0 radical (unpaired) electrons. The van der Waals surface area contributed by atoms with Gasteiger partial charge in [-0.2, -0.15) is 0 Å². The highest BCUT2D eigenvalue weighted by atomic mass is 16.3. The second-order valence-corrected chi connectivity index (χ2v) is 4.33. The minimum atomic E-state index is -0.245. The Kier molecular flexibility index (Phi) is 5.33. The minimum Gasteiger partial charge on any atom is -0.391 e. The summed E-state index contributed by atoms with van der Waals surface area (Å²) in [6.45, 7) is 7.99. The molecule has 0 aromatic heterocycles. The van der Waals surface area contributed by atoms with Gasteiger partial charge in [-0.25, -0.2) is 0 Å². The summed E-state index contributed by atoms with van der Waals surface area (Å²) in [5.41, 5.74) is 1.19. The zero-order chi connectivity index (χ0) is 12.0. The van der Waals surface area contributed by atoms with Crippen LogP contribution in [0.25, 0.3) is 0 Å². The van der Waals surface area contributed by atoms with Crippen LogP contribution in [0.4, 0.5) is 5.69 Å². The molecule has 90 valence electrons. The minimum absolute atomic E-state index is 0.245. The molecule has 1 aromatic carbocycles. The molecule has 0 saturated heterocycles. The van der Waals surface area contributed by atoms with Crippen molar-refractivity contribution in [3.8, 4) is 0 Å². The molecule has 0 fully saturated rings. The fraction of sp³-hybridized carbons (Fsp3) is 0.571. The largest absolute Gasteiger partial charge is 0.391 e. The average Bonchev–Trinajstić information content (AvgIpc) is 2.35. The normalized spacial score (nSPS) is 14.5. The molecular weight excluding hydrogens is 198 g/mol. The quantitative estimate of drug-likeness (QED) is 0.798. The van der Waals surface area contributed by atoms with Crippen molar-refractivity contribution >= 4 is 5.69 Å². The van der Waals surface area contributed by atoms with E-state index in [9.17, 15) is 5.11 Å². The van der Waals surface area contributed by atoms with Crippen LogP contribution in [0.1, 0.15) is 27.2 Å². The van der Waals surface area contributed by atoms with Crippen molar-refractivity contribution in [2.45, 2.75) is 33.3 Å². The van der Waals surface area contributed by atoms with Crippen molar-refractivity contribution in [3.63, 3.8) is 0 Å². The van der Waals surface area contributed by atoms with E-state index < -0.39 is 0 Å². The maximum atomic E-state index is 10.0. The van der Waals surface area contributed by atoms with Crippen LogP contribution in [-0.4, -0.2) is 24.3 Å². The van der Waals surface area contributed by atoms with E-state index in [0.29, 0.717) is 5.92 Å².